The van der Waals surface area contributed by atoms with Crippen molar-refractivity contribution in [1.29, 1.82) is 0 Å². The molecule has 7 nitrogen and oxygen atoms in total. The fraction of sp³-hybridized carbons (Fsp3) is 0.667. The molecule has 106 valence electrons. The molecule has 3 atom stereocenters. The average molecular weight is 269 g/mol. The number of rotatable bonds is 5. The molecule has 19 heavy (non-hydrogen) atoms. The molecule has 0 amide bonds. The van der Waals surface area contributed by atoms with Crippen molar-refractivity contribution in [2.45, 2.75) is 38.2 Å². The van der Waals surface area contributed by atoms with Crippen molar-refractivity contribution in [3.8, 4) is 0 Å². The number of nitrogens with one attached hydrogen (secondary N) is 1. The quantitative estimate of drug-likeness (QED) is 0.679. The third kappa shape index (κ3) is 3.12. The molecule has 0 radical (unpaired) electrons. The molecule has 0 unspecified atom stereocenters. The normalized spacial score (nSPS) is 26.6. The van der Waals surface area contributed by atoms with Crippen molar-refractivity contribution in [1.82, 2.24) is 9.55 Å². The Balaban J connectivity index is 2.11. The maximum absolute atomic E-state index is 11.9. The van der Waals surface area contributed by atoms with Gasteiger partial charge in [0.1, 0.15) is 18.1 Å². The van der Waals surface area contributed by atoms with Crippen molar-refractivity contribution in [3.05, 3.63) is 22.7 Å². The van der Waals surface area contributed by atoms with Gasteiger partial charge in [0.05, 0.1) is 12.7 Å². The lowest BCUT2D eigenvalue weighted by molar-refractivity contribution is -0.0458. The van der Waals surface area contributed by atoms with Crippen molar-refractivity contribution < 1.29 is 14.9 Å². The van der Waals surface area contributed by atoms with Gasteiger partial charge in [-0.1, -0.05) is 6.92 Å². The highest BCUT2D eigenvalue weighted by molar-refractivity contribution is 5.31. The van der Waals surface area contributed by atoms with Crippen LogP contribution in [0.15, 0.2) is 17.1 Å². The summed E-state index contributed by atoms with van der Waals surface area (Å²) in [5.41, 5.74) is -0.433. The van der Waals surface area contributed by atoms with Crippen LogP contribution in [-0.2, 0) is 4.74 Å². The molecular formula is C12H19N3O4. The zero-order valence-corrected chi connectivity index (χ0v) is 10.8. The van der Waals surface area contributed by atoms with Crippen molar-refractivity contribution >= 4 is 5.82 Å². The average Bonchev–Trinajstić information content (AvgIpc) is 2.77. The highest BCUT2D eigenvalue weighted by Gasteiger charge is 2.34. The Labute approximate surface area is 110 Å². The fourth-order valence-corrected chi connectivity index (χ4v) is 2.03. The smallest absolute Gasteiger partial charge is 0.351 e. The van der Waals surface area contributed by atoms with Crippen molar-refractivity contribution in [2.75, 3.05) is 18.5 Å². The van der Waals surface area contributed by atoms with Gasteiger partial charge in [0.2, 0.25) is 0 Å². The standard InChI is InChI=1S/C12H19N3O4/c1-2-4-13-10-3-5-15(12(18)14-10)11-6-8(17)9(7-16)19-11/h3,5,8-9,11,16-17H,2,4,6-7H2,1H3,(H,13,14,18)/t8-,9+,11+/m0/s1. The van der Waals surface area contributed by atoms with E-state index >= 15 is 0 Å². The van der Waals surface area contributed by atoms with Gasteiger partial charge >= 0.3 is 5.69 Å². The first kappa shape index (κ1) is 14.0. The first-order chi connectivity index (χ1) is 9.15. The van der Waals surface area contributed by atoms with E-state index in [1.165, 1.54) is 4.57 Å². The van der Waals surface area contributed by atoms with Gasteiger partial charge in [-0.2, -0.15) is 4.98 Å². The number of aliphatic hydroxyl groups excluding tert-OH is 2. The summed E-state index contributed by atoms with van der Waals surface area (Å²) in [6, 6.07) is 1.69. The van der Waals surface area contributed by atoms with Gasteiger partial charge in [-0.3, -0.25) is 4.57 Å². The minimum Gasteiger partial charge on any atom is -0.394 e. The minimum atomic E-state index is -0.764. The SMILES string of the molecule is CCCNc1ccn([C@H]2C[C@H](O)[C@@H](CO)O2)c(=O)n1. The van der Waals surface area contributed by atoms with Gasteiger partial charge in [-0.25, -0.2) is 4.79 Å². The molecule has 1 fully saturated rings. The Morgan fingerprint density at radius 3 is 3.00 bits per heavy atom. The van der Waals surface area contributed by atoms with Crippen LogP contribution >= 0.6 is 0 Å². The van der Waals surface area contributed by atoms with Gasteiger partial charge in [-0.15, -0.1) is 0 Å². The highest BCUT2D eigenvalue weighted by atomic mass is 16.5. The summed E-state index contributed by atoms with van der Waals surface area (Å²) in [5, 5.41) is 21.7. The number of anilines is 1. The Kier molecular flexibility index (Phi) is 4.52. The maximum Gasteiger partial charge on any atom is 0.351 e. The van der Waals surface area contributed by atoms with E-state index in [4.69, 9.17) is 9.84 Å². The molecular weight excluding hydrogens is 250 g/mol. The number of aliphatic hydroxyl groups is 2. The first-order valence-corrected chi connectivity index (χ1v) is 6.43. The monoisotopic (exact) mass is 269 g/mol. The summed E-state index contributed by atoms with van der Waals surface area (Å²) in [4.78, 5) is 15.8. The summed E-state index contributed by atoms with van der Waals surface area (Å²) in [5.74, 6) is 0.528. The molecule has 2 heterocycles. The van der Waals surface area contributed by atoms with Gasteiger partial charge in [0, 0.05) is 19.2 Å². The Morgan fingerprint density at radius 2 is 2.42 bits per heavy atom. The van der Waals surface area contributed by atoms with Crippen LogP contribution in [0.1, 0.15) is 26.0 Å². The predicted octanol–water partition coefficient (Wildman–Crippen LogP) is -0.294. The Bertz CT molecular complexity index is 476. The highest BCUT2D eigenvalue weighted by Crippen LogP contribution is 2.27. The Morgan fingerprint density at radius 1 is 1.63 bits per heavy atom. The van der Waals surface area contributed by atoms with E-state index in [2.05, 4.69) is 10.3 Å². The van der Waals surface area contributed by atoms with Crippen molar-refractivity contribution in [3.63, 3.8) is 0 Å². The van der Waals surface area contributed by atoms with Crippen LogP contribution in [0.5, 0.6) is 0 Å². The van der Waals surface area contributed by atoms with Crippen molar-refractivity contribution in [2.24, 2.45) is 0 Å². The number of ether oxygens (including phenoxy) is 1. The largest absolute Gasteiger partial charge is 0.394 e. The zero-order chi connectivity index (χ0) is 13.8. The summed E-state index contributed by atoms with van der Waals surface area (Å²) in [7, 11) is 0. The number of aromatic nitrogens is 2. The molecule has 1 aliphatic heterocycles. The summed E-state index contributed by atoms with van der Waals surface area (Å²) in [6.07, 6.45) is 0.821. The fourth-order valence-electron chi connectivity index (χ4n) is 2.03. The number of nitrogens with zero attached hydrogens (tertiary/aromatic N) is 2. The molecule has 2 rings (SSSR count). The van der Waals surface area contributed by atoms with Crippen LogP contribution in [-0.4, -0.2) is 45.1 Å². The van der Waals surface area contributed by atoms with E-state index in [0.717, 1.165) is 13.0 Å². The van der Waals surface area contributed by atoms with Gasteiger partial charge < -0.3 is 20.3 Å². The first-order valence-electron chi connectivity index (χ1n) is 6.43. The van der Waals surface area contributed by atoms with E-state index in [-0.39, 0.29) is 13.0 Å². The molecule has 1 aliphatic rings. The molecule has 7 heteroatoms. The van der Waals surface area contributed by atoms with E-state index in [1.807, 2.05) is 6.92 Å². The van der Waals surface area contributed by atoms with Crippen LogP contribution in [0.25, 0.3) is 0 Å². The second-order valence-electron chi connectivity index (χ2n) is 4.54. The zero-order valence-electron chi connectivity index (χ0n) is 10.8. The summed E-state index contributed by atoms with van der Waals surface area (Å²) >= 11 is 0. The molecule has 0 aromatic carbocycles. The van der Waals surface area contributed by atoms with Crippen LogP contribution < -0.4 is 11.0 Å². The summed E-state index contributed by atoms with van der Waals surface area (Å²) < 4.78 is 6.74. The molecule has 0 saturated carbocycles. The van der Waals surface area contributed by atoms with E-state index in [0.29, 0.717) is 5.82 Å². The lowest BCUT2D eigenvalue weighted by atomic mass is 10.2. The lowest BCUT2D eigenvalue weighted by Gasteiger charge is -2.14. The van der Waals surface area contributed by atoms with Gasteiger partial charge in [-0.05, 0) is 12.5 Å². The van der Waals surface area contributed by atoms with Gasteiger partial charge in [0.15, 0.2) is 0 Å². The topological polar surface area (TPSA) is 96.6 Å². The maximum atomic E-state index is 11.9. The second-order valence-corrected chi connectivity index (χ2v) is 4.54. The predicted molar refractivity (Wildman–Crippen MR) is 68.9 cm³/mol. The second kappa shape index (κ2) is 6.14. The summed E-state index contributed by atoms with van der Waals surface area (Å²) in [6.45, 7) is 2.51. The van der Waals surface area contributed by atoms with Crippen LogP contribution in [0.2, 0.25) is 0 Å². The minimum absolute atomic E-state index is 0.268. The third-order valence-corrected chi connectivity index (χ3v) is 3.08. The molecule has 0 spiro atoms. The molecule has 0 bridgehead atoms. The van der Waals surface area contributed by atoms with Gasteiger partial charge in [0.25, 0.3) is 0 Å². The van der Waals surface area contributed by atoms with Crippen LogP contribution in [0.3, 0.4) is 0 Å². The molecule has 3 N–H and O–H groups in total. The van der Waals surface area contributed by atoms with E-state index < -0.39 is 24.1 Å². The molecule has 1 aromatic heterocycles. The Hall–Kier alpha value is -1.44. The van der Waals surface area contributed by atoms with E-state index in [9.17, 15) is 9.90 Å². The number of hydrogen-bond donors (Lipinski definition) is 3. The van der Waals surface area contributed by atoms with E-state index in [1.54, 1.807) is 12.3 Å². The number of hydrogen-bond acceptors (Lipinski definition) is 6. The molecule has 1 saturated heterocycles. The lowest BCUT2D eigenvalue weighted by Crippen LogP contribution is -2.28. The van der Waals surface area contributed by atoms with Crippen LogP contribution in [0.4, 0.5) is 5.82 Å². The molecule has 1 aromatic rings. The van der Waals surface area contributed by atoms with Crippen LogP contribution in [0, 0.1) is 0 Å². The molecule has 0 aliphatic carbocycles. The third-order valence-electron chi connectivity index (χ3n) is 3.08.